The van der Waals surface area contributed by atoms with E-state index in [4.69, 9.17) is 11.6 Å². The summed E-state index contributed by atoms with van der Waals surface area (Å²) in [5.41, 5.74) is 2.19. The second-order valence-corrected chi connectivity index (χ2v) is 7.31. The van der Waals surface area contributed by atoms with E-state index in [1.165, 1.54) is 12.3 Å². The Kier molecular flexibility index (Phi) is 3.77. The fourth-order valence-electron chi connectivity index (χ4n) is 2.33. The van der Waals surface area contributed by atoms with Crippen LogP contribution in [-0.4, -0.2) is 23.0 Å². The predicted molar refractivity (Wildman–Crippen MR) is 90.2 cm³/mol. The average molecular weight is 351 g/mol. The van der Waals surface area contributed by atoms with Crippen LogP contribution in [0, 0.1) is 13.8 Å². The minimum atomic E-state index is -3.75. The van der Waals surface area contributed by atoms with Gasteiger partial charge in [0, 0.05) is 12.1 Å². The van der Waals surface area contributed by atoms with Crippen LogP contribution in [0.5, 0.6) is 0 Å². The topological polar surface area (TPSA) is 76.9 Å². The first-order valence-corrected chi connectivity index (χ1v) is 8.73. The number of fused-ring (bicyclic) bond motifs is 1. The molecule has 8 heteroatoms. The molecular weight excluding hydrogens is 336 g/mol. The van der Waals surface area contributed by atoms with Gasteiger partial charge in [0.25, 0.3) is 10.0 Å². The highest BCUT2D eigenvalue weighted by molar-refractivity contribution is 7.92. The monoisotopic (exact) mass is 350 g/mol. The van der Waals surface area contributed by atoms with Crippen LogP contribution < -0.4 is 4.72 Å². The van der Waals surface area contributed by atoms with Crippen LogP contribution >= 0.6 is 11.6 Å². The van der Waals surface area contributed by atoms with Gasteiger partial charge >= 0.3 is 0 Å². The fourth-order valence-corrected chi connectivity index (χ4v) is 3.87. The number of hydrogen-bond acceptors (Lipinski definition) is 4. The van der Waals surface area contributed by atoms with Crippen LogP contribution in [0.15, 0.2) is 35.4 Å². The number of imidazole rings is 1. The Balaban J connectivity index is 2.02. The first kappa shape index (κ1) is 15.8. The summed E-state index contributed by atoms with van der Waals surface area (Å²) in [6.07, 6.45) is 1.47. The minimum absolute atomic E-state index is 0.141. The predicted octanol–water partition coefficient (Wildman–Crippen LogP) is 3.04. The summed E-state index contributed by atoms with van der Waals surface area (Å²) >= 11 is 6.00. The van der Waals surface area contributed by atoms with Crippen molar-refractivity contribution in [2.75, 3.05) is 4.72 Å². The summed E-state index contributed by atoms with van der Waals surface area (Å²) in [4.78, 5) is 8.76. The molecule has 2 heterocycles. The molecule has 3 rings (SSSR count). The Morgan fingerprint density at radius 3 is 2.74 bits per heavy atom. The van der Waals surface area contributed by atoms with E-state index in [-0.39, 0.29) is 4.90 Å². The second kappa shape index (κ2) is 5.50. The largest absolute Gasteiger partial charge is 0.316 e. The molecule has 1 aromatic carbocycles. The van der Waals surface area contributed by atoms with E-state index in [1.54, 1.807) is 25.1 Å². The zero-order chi connectivity index (χ0) is 16.8. The zero-order valence-corrected chi connectivity index (χ0v) is 14.4. The van der Waals surface area contributed by atoms with Gasteiger partial charge in [-0.3, -0.25) is 4.72 Å². The molecule has 23 heavy (non-hydrogen) atoms. The van der Waals surface area contributed by atoms with Crippen molar-refractivity contribution in [2.24, 2.45) is 7.05 Å². The molecule has 0 saturated carbocycles. The maximum atomic E-state index is 12.6. The van der Waals surface area contributed by atoms with Gasteiger partial charge in [-0.2, -0.15) is 0 Å². The summed E-state index contributed by atoms with van der Waals surface area (Å²) in [6, 6.07) is 6.43. The van der Waals surface area contributed by atoms with Crippen LogP contribution in [0.2, 0.25) is 5.02 Å². The number of halogens is 1. The molecule has 3 aromatic rings. The molecular formula is C15H15ClN4O2S. The summed E-state index contributed by atoms with van der Waals surface area (Å²) in [5.74, 6) is 0.804. The van der Waals surface area contributed by atoms with Gasteiger partial charge in [0.2, 0.25) is 0 Å². The molecule has 6 nitrogen and oxygen atoms in total. The molecule has 0 aliphatic heterocycles. The van der Waals surface area contributed by atoms with Gasteiger partial charge in [0.15, 0.2) is 5.65 Å². The van der Waals surface area contributed by atoms with Gasteiger partial charge in [-0.1, -0.05) is 17.7 Å². The van der Waals surface area contributed by atoms with E-state index in [1.807, 2.05) is 18.5 Å². The third-order valence-electron chi connectivity index (χ3n) is 3.69. The normalized spacial score (nSPS) is 11.8. The van der Waals surface area contributed by atoms with Crippen molar-refractivity contribution in [3.63, 3.8) is 0 Å². The number of rotatable bonds is 3. The van der Waals surface area contributed by atoms with Gasteiger partial charge in [0.05, 0.1) is 16.8 Å². The number of benzene rings is 1. The fraction of sp³-hybridized carbons (Fsp3) is 0.200. The number of nitrogens with one attached hydrogen (secondary N) is 1. The lowest BCUT2D eigenvalue weighted by molar-refractivity contribution is 0.600. The molecule has 0 saturated heterocycles. The molecule has 0 aliphatic carbocycles. The van der Waals surface area contributed by atoms with Crippen molar-refractivity contribution in [1.82, 2.24) is 14.5 Å². The lowest BCUT2D eigenvalue weighted by atomic mass is 10.2. The van der Waals surface area contributed by atoms with Crippen molar-refractivity contribution in [2.45, 2.75) is 18.7 Å². The van der Waals surface area contributed by atoms with Crippen LogP contribution in [0.1, 0.15) is 11.4 Å². The van der Waals surface area contributed by atoms with Gasteiger partial charge in [-0.15, -0.1) is 0 Å². The number of pyridine rings is 1. The van der Waals surface area contributed by atoms with E-state index in [2.05, 4.69) is 14.7 Å². The Labute approximate surface area is 139 Å². The molecule has 0 radical (unpaired) electrons. The minimum Gasteiger partial charge on any atom is -0.316 e. The van der Waals surface area contributed by atoms with E-state index < -0.39 is 10.0 Å². The standard InChI is InChI=1S/C15H15ClN4O2S/c1-9-12(16)5-4-6-14(9)23(21,22)19-11-7-13-15(17-8-11)20(3)10(2)18-13/h4-8,19H,1-3H3. The van der Waals surface area contributed by atoms with Gasteiger partial charge in [-0.25, -0.2) is 18.4 Å². The number of aryl methyl sites for hydroxylation is 2. The Bertz CT molecular complexity index is 1010. The van der Waals surface area contributed by atoms with E-state index in [0.29, 0.717) is 27.4 Å². The summed E-state index contributed by atoms with van der Waals surface area (Å²) < 4.78 is 29.5. The van der Waals surface area contributed by atoms with Crippen LogP contribution in [0.25, 0.3) is 11.2 Å². The molecule has 0 atom stereocenters. The molecule has 0 spiro atoms. The lowest BCUT2D eigenvalue weighted by Gasteiger charge is -2.11. The van der Waals surface area contributed by atoms with E-state index >= 15 is 0 Å². The van der Waals surface area contributed by atoms with Crippen molar-refractivity contribution in [3.8, 4) is 0 Å². The highest BCUT2D eigenvalue weighted by Crippen LogP contribution is 2.25. The molecule has 1 N–H and O–H groups in total. The third kappa shape index (κ3) is 2.77. The third-order valence-corrected chi connectivity index (χ3v) is 5.63. The molecule has 0 amide bonds. The Morgan fingerprint density at radius 2 is 2.00 bits per heavy atom. The molecule has 120 valence electrons. The van der Waals surface area contributed by atoms with Crippen molar-refractivity contribution in [3.05, 3.63) is 46.9 Å². The van der Waals surface area contributed by atoms with Crippen molar-refractivity contribution in [1.29, 1.82) is 0 Å². The molecule has 0 unspecified atom stereocenters. The molecule has 2 aromatic heterocycles. The molecule has 0 aliphatic rings. The second-order valence-electron chi connectivity index (χ2n) is 5.25. The van der Waals surface area contributed by atoms with Crippen molar-refractivity contribution >= 4 is 38.5 Å². The highest BCUT2D eigenvalue weighted by atomic mass is 35.5. The van der Waals surface area contributed by atoms with Crippen LogP contribution in [0.4, 0.5) is 5.69 Å². The van der Waals surface area contributed by atoms with E-state index in [9.17, 15) is 8.42 Å². The summed E-state index contributed by atoms with van der Waals surface area (Å²) in [6.45, 7) is 3.53. The van der Waals surface area contributed by atoms with Gasteiger partial charge in [0.1, 0.15) is 11.3 Å². The highest BCUT2D eigenvalue weighted by Gasteiger charge is 2.19. The van der Waals surface area contributed by atoms with Crippen LogP contribution in [0.3, 0.4) is 0 Å². The van der Waals surface area contributed by atoms with Gasteiger partial charge in [-0.05, 0) is 37.6 Å². The smallest absolute Gasteiger partial charge is 0.262 e. The number of hydrogen-bond donors (Lipinski definition) is 1. The molecule has 0 bridgehead atoms. The number of anilines is 1. The SMILES string of the molecule is Cc1c(Cl)cccc1S(=O)(=O)Nc1cnc2c(c1)nc(C)n2C. The summed E-state index contributed by atoms with van der Waals surface area (Å²) in [7, 11) is -1.89. The number of aromatic nitrogens is 3. The lowest BCUT2D eigenvalue weighted by Crippen LogP contribution is -2.14. The Hall–Kier alpha value is -2.12. The quantitative estimate of drug-likeness (QED) is 0.787. The zero-order valence-electron chi connectivity index (χ0n) is 12.8. The average Bonchev–Trinajstić information content (AvgIpc) is 2.76. The number of sulfonamides is 1. The number of nitrogens with zero attached hydrogens (tertiary/aromatic N) is 3. The Morgan fingerprint density at radius 1 is 1.26 bits per heavy atom. The van der Waals surface area contributed by atoms with Crippen molar-refractivity contribution < 1.29 is 8.42 Å². The first-order valence-electron chi connectivity index (χ1n) is 6.86. The first-order chi connectivity index (χ1) is 10.8. The van der Waals surface area contributed by atoms with Gasteiger partial charge < -0.3 is 4.57 Å². The summed E-state index contributed by atoms with van der Waals surface area (Å²) in [5, 5.41) is 0.404. The maximum Gasteiger partial charge on any atom is 0.262 e. The molecule has 0 fully saturated rings. The van der Waals surface area contributed by atoms with Crippen LogP contribution in [-0.2, 0) is 17.1 Å². The van der Waals surface area contributed by atoms with E-state index in [0.717, 1.165) is 5.82 Å². The maximum absolute atomic E-state index is 12.6.